The first kappa shape index (κ1) is 15.7. The fraction of sp³-hybridized carbons (Fsp3) is 0.0400. The lowest BCUT2D eigenvalue weighted by atomic mass is 9.91. The minimum Gasteiger partial charge on any atom is -0.472 e. The minimum atomic E-state index is -0.613. The molecule has 134 valence electrons. The Hall–Kier alpha value is -3.30. The first-order chi connectivity index (χ1) is 13.8. The fourth-order valence-electron chi connectivity index (χ4n) is 4.03. The minimum absolute atomic E-state index is 0.613. The van der Waals surface area contributed by atoms with E-state index in [1.165, 1.54) is 4.88 Å². The van der Waals surface area contributed by atoms with Crippen molar-refractivity contribution in [3.63, 3.8) is 0 Å². The van der Waals surface area contributed by atoms with Crippen LogP contribution in [0, 0.1) is 0 Å². The molecular formula is C25H16O2S. The first-order valence-corrected chi connectivity index (χ1v) is 10.1. The number of rotatable bonds is 2. The highest BCUT2D eigenvalue weighted by Gasteiger charge is 2.40. The van der Waals surface area contributed by atoms with Crippen LogP contribution in [0.15, 0.2) is 84.2 Å². The summed E-state index contributed by atoms with van der Waals surface area (Å²) in [6.07, 6.45) is 4.44. The smallest absolute Gasteiger partial charge is 0.187 e. The van der Waals surface area contributed by atoms with Gasteiger partial charge in [-0.15, -0.1) is 11.3 Å². The third kappa shape index (κ3) is 2.20. The maximum atomic E-state index is 6.66. The molecule has 1 atom stereocenters. The second-order valence-corrected chi connectivity index (χ2v) is 7.95. The van der Waals surface area contributed by atoms with E-state index in [0.717, 1.165) is 38.8 Å². The standard InChI is InChI=1S/C25H16O2S/c1-2-8-18(9-3-1)25(24-11-6-14-28-24)16-20-19-15-17-7-4-5-10-21(17)26-22(19)12-13-23(20)27-25/h1-16H. The molecule has 1 unspecified atom stereocenters. The van der Waals surface area contributed by atoms with Crippen molar-refractivity contribution >= 4 is 23.5 Å². The quantitative estimate of drug-likeness (QED) is 0.438. The molecule has 4 aromatic rings. The summed E-state index contributed by atoms with van der Waals surface area (Å²) in [5.74, 6) is 2.64. The van der Waals surface area contributed by atoms with Crippen LogP contribution in [0.3, 0.4) is 0 Å². The lowest BCUT2D eigenvalue weighted by Crippen LogP contribution is -2.29. The van der Waals surface area contributed by atoms with E-state index in [2.05, 4.69) is 60.0 Å². The molecule has 6 rings (SSSR count). The maximum absolute atomic E-state index is 6.66. The predicted molar refractivity (Wildman–Crippen MR) is 112 cm³/mol. The second kappa shape index (κ2) is 5.85. The molecule has 3 heteroatoms. The van der Waals surface area contributed by atoms with Gasteiger partial charge in [-0.05, 0) is 41.8 Å². The summed E-state index contributed by atoms with van der Waals surface area (Å²) in [6.45, 7) is 0. The van der Waals surface area contributed by atoms with Gasteiger partial charge in [-0.1, -0.05) is 54.6 Å². The average molecular weight is 380 g/mol. The highest BCUT2D eigenvalue weighted by molar-refractivity contribution is 7.10. The van der Waals surface area contributed by atoms with E-state index < -0.39 is 5.60 Å². The van der Waals surface area contributed by atoms with Gasteiger partial charge in [0.25, 0.3) is 0 Å². The highest BCUT2D eigenvalue weighted by Crippen LogP contribution is 2.41. The van der Waals surface area contributed by atoms with Crippen molar-refractivity contribution in [3.05, 3.63) is 111 Å². The Bertz CT molecular complexity index is 1310. The van der Waals surface area contributed by atoms with Crippen LogP contribution >= 0.6 is 11.3 Å². The summed E-state index contributed by atoms with van der Waals surface area (Å²) in [5.41, 5.74) is 1.60. The number of hydrogen-bond donors (Lipinski definition) is 0. The molecule has 1 aromatic heterocycles. The molecule has 0 amide bonds. The van der Waals surface area contributed by atoms with Crippen LogP contribution < -0.4 is 19.9 Å². The van der Waals surface area contributed by atoms with Gasteiger partial charge in [-0.2, -0.15) is 0 Å². The van der Waals surface area contributed by atoms with Gasteiger partial charge in [0.15, 0.2) is 5.60 Å². The van der Waals surface area contributed by atoms with Gasteiger partial charge in [0.2, 0.25) is 0 Å². The molecule has 28 heavy (non-hydrogen) atoms. The molecule has 2 nitrogen and oxygen atoms in total. The molecule has 0 fully saturated rings. The zero-order valence-electron chi connectivity index (χ0n) is 15.0. The van der Waals surface area contributed by atoms with E-state index in [4.69, 9.17) is 9.47 Å². The highest BCUT2D eigenvalue weighted by atomic mass is 32.1. The summed E-state index contributed by atoms with van der Waals surface area (Å²) >= 11 is 1.71. The number of thiophene rings is 1. The molecule has 0 saturated carbocycles. The van der Waals surface area contributed by atoms with Gasteiger partial charge in [-0.25, -0.2) is 0 Å². The Morgan fingerprint density at radius 1 is 0.679 bits per heavy atom. The maximum Gasteiger partial charge on any atom is 0.187 e. The van der Waals surface area contributed by atoms with Gasteiger partial charge >= 0.3 is 0 Å². The molecular weight excluding hydrogens is 364 g/mol. The number of hydrogen-bond acceptors (Lipinski definition) is 3. The predicted octanol–water partition coefficient (Wildman–Crippen LogP) is 4.80. The van der Waals surface area contributed by atoms with Crippen LogP contribution in [-0.2, 0) is 5.60 Å². The number of ether oxygens (including phenoxy) is 2. The molecule has 0 spiro atoms. The first-order valence-electron chi connectivity index (χ1n) is 9.27. The topological polar surface area (TPSA) is 18.5 Å². The van der Waals surface area contributed by atoms with E-state index in [1.54, 1.807) is 11.3 Å². The van der Waals surface area contributed by atoms with Crippen molar-refractivity contribution < 1.29 is 9.47 Å². The van der Waals surface area contributed by atoms with Gasteiger partial charge in [-0.3, -0.25) is 0 Å². The van der Waals surface area contributed by atoms with Crippen LogP contribution in [0.4, 0.5) is 0 Å². The van der Waals surface area contributed by atoms with Crippen LogP contribution in [0.1, 0.15) is 16.0 Å². The van der Waals surface area contributed by atoms with Gasteiger partial charge in [0.1, 0.15) is 17.2 Å². The van der Waals surface area contributed by atoms with Crippen molar-refractivity contribution in [3.8, 4) is 17.2 Å². The van der Waals surface area contributed by atoms with Crippen molar-refractivity contribution in [1.29, 1.82) is 0 Å². The van der Waals surface area contributed by atoms with E-state index >= 15 is 0 Å². The van der Waals surface area contributed by atoms with Crippen LogP contribution in [0.2, 0.25) is 0 Å². The van der Waals surface area contributed by atoms with Crippen molar-refractivity contribution in [2.24, 2.45) is 0 Å². The van der Waals surface area contributed by atoms with Crippen molar-refractivity contribution in [2.45, 2.75) is 5.60 Å². The Labute approximate surface area is 166 Å². The summed E-state index contributed by atoms with van der Waals surface area (Å²) in [4.78, 5) is 1.17. The lowest BCUT2D eigenvalue weighted by molar-refractivity contribution is 0.196. The molecule has 2 aliphatic heterocycles. The van der Waals surface area contributed by atoms with Crippen LogP contribution in [0.25, 0.3) is 12.2 Å². The Morgan fingerprint density at radius 3 is 2.36 bits per heavy atom. The third-order valence-corrected chi connectivity index (χ3v) is 6.34. The normalized spacial score (nSPS) is 18.6. The van der Waals surface area contributed by atoms with Gasteiger partial charge in [0.05, 0.1) is 4.88 Å². The van der Waals surface area contributed by atoms with Gasteiger partial charge in [0, 0.05) is 21.6 Å². The number of benzene rings is 3. The molecule has 0 N–H and O–H groups in total. The van der Waals surface area contributed by atoms with E-state index in [1.807, 2.05) is 36.4 Å². The summed E-state index contributed by atoms with van der Waals surface area (Å²) < 4.78 is 12.8. The fourth-order valence-corrected chi connectivity index (χ4v) is 4.88. The van der Waals surface area contributed by atoms with Gasteiger partial charge < -0.3 is 9.47 Å². The van der Waals surface area contributed by atoms with E-state index in [9.17, 15) is 0 Å². The second-order valence-electron chi connectivity index (χ2n) is 7.00. The molecule has 3 heterocycles. The van der Waals surface area contributed by atoms with Crippen LogP contribution in [-0.4, -0.2) is 0 Å². The molecule has 0 saturated heterocycles. The zero-order chi connectivity index (χ0) is 18.6. The van der Waals surface area contributed by atoms with Crippen molar-refractivity contribution in [1.82, 2.24) is 0 Å². The molecule has 2 aliphatic rings. The lowest BCUT2D eigenvalue weighted by Gasteiger charge is -2.27. The third-order valence-electron chi connectivity index (χ3n) is 5.35. The van der Waals surface area contributed by atoms with E-state index in [0.29, 0.717) is 0 Å². The molecule has 3 aromatic carbocycles. The zero-order valence-corrected chi connectivity index (χ0v) is 15.8. The molecule has 0 aliphatic carbocycles. The average Bonchev–Trinajstić information content (AvgIpc) is 3.42. The Balaban J connectivity index is 1.66. The summed E-state index contributed by atoms with van der Waals surface area (Å²) in [6, 6.07) is 26.8. The number of para-hydroxylation sites is 1. The van der Waals surface area contributed by atoms with Crippen molar-refractivity contribution in [2.75, 3.05) is 0 Å². The summed E-state index contributed by atoms with van der Waals surface area (Å²) in [7, 11) is 0. The SMILES string of the molecule is C1=c2c(ccc3c2=CC(c2ccccc2)(c2cccs2)O3)Oc2ccccc21. The van der Waals surface area contributed by atoms with E-state index in [-0.39, 0.29) is 0 Å². The Kier molecular flexibility index (Phi) is 3.28. The monoisotopic (exact) mass is 380 g/mol. The molecule has 0 bridgehead atoms. The Morgan fingerprint density at radius 2 is 1.50 bits per heavy atom. The molecule has 0 radical (unpaired) electrons. The number of fused-ring (bicyclic) bond motifs is 4. The summed E-state index contributed by atoms with van der Waals surface area (Å²) in [5, 5.41) is 4.26. The largest absolute Gasteiger partial charge is 0.472 e. The van der Waals surface area contributed by atoms with Crippen LogP contribution in [0.5, 0.6) is 17.2 Å².